The molecule has 2 amide bonds. The van der Waals surface area contributed by atoms with Gasteiger partial charge in [0.2, 0.25) is 5.91 Å². The van der Waals surface area contributed by atoms with E-state index in [2.05, 4.69) is 10.6 Å². The number of carbonyl (C=O) groups is 2. The minimum absolute atomic E-state index is 0.190. The number of benzene rings is 3. The number of nitrogens with one attached hydrogen (secondary N) is 2. The van der Waals surface area contributed by atoms with Crippen molar-refractivity contribution in [3.63, 3.8) is 0 Å². The van der Waals surface area contributed by atoms with Crippen molar-refractivity contribution in [1.82, 2.24) is 0 Å². The van der Waals surface area contributed by atoms with Crippen LogP contribution in [0.4, 0.5) is 11.4 Å². The molecule has 0 aromatic heterocycles. The van der Waals surface area contributed by atoms with E-state index in [-0.39, 0.29) is 17.1 Å². The van der Waals surface area contributed by atoms with E-state index in [0.717, 1.165) is 4.90 Å². The molecule has 2 N–H and O–H groups in total. The highest BCUT2D eigenvalue weighted by atomic mass is 35.5. The summed E-state index contributed by atoms with van der Waals surface area (Å²) >= 11 is 13.4. The van der Waals surface area contributed by atoms with Crippen LogP contribution in [0.25, 0.3) is 0 Å². The first-order valence-electron chi connectivity index (χ1n) is 9.87. The van der Waals surface area contributed by atoms with Crippen LogP contribution in [0.5, 0.6) is 11.5 Å². The molecule has 9 heteroatoms. The van der Waals surface area contributed by atoms with Gasteiger partial charge >= 0.3 is 0 Å². The summed E-state index contributed by atoms with van der Waals surface area (Å²) < 4.78 is 10.6. The first-order valence-corrected chi connectivity index (χ1v) is 11.5. The molecule has 1 unspecified atom stereocenters. The molecule has 6 nitrogen and oxygen atoms in total. The molecule has 3 rings (SSSR count). The van der Waals surface area contributed by atoms with Gasteiger partial charge in [-0.05, 0) is 61.5 Å². The summed E-state index contributed by atoms with van der Waals surface area (Å²) in [6, 6.07) is 17.2. The Kier molecular flexibility index (Phi) is 8.49. The molecule has 0 bridgehead atoms. The van der Waals surface area contributed by atoms with E-state index in [1.165, 1.54) is 26.0 Å². The van der Waals surface area contributed by atoms with Crippen LogP contribution < -0.4 is 20.1 Å². The van der Waals surface area contributed by atoms with Crippen LogP contribution in [0.1, 0.15) is 17.3 Å². The van der Waals surface area contributed by atoms with E-state index >= 15 is 0 Å². The average molecular weight is 505 g/mol. The summed E-state index contributed by atoms with van der Waals surface area (Å²) in [7, 11) is 2.99. The third kappa shape index (κ3) is 6.35. The number of halogens is 2. The Balaban J connectivity index is 1.63. The van der Waals surface area contributed by atoms with Crippen LogP contribution in [-0.2, 0) is 4.79 Å². The molecule has 172 valence electrons. The normalized spacial score (nSPS) is 11.4. The van der Waals surface area contributed by atoms with E-state index in [4.69, 9.17) is 32.7 Å². The largest absolute Gasteiger partial charge is 0.496 e. The molecule has 1 atom stereocenters. The smallest absolute Gasteiger partial charge is 0.263 e. The van der Waals surface area contributed by atoms with Gasteiger partial charge in [0.15, 0.2) is 0 Å². The predicted octanol–water partition coefficient (Wildman–Crippen LogP) is 6.38. The maximum atomic E-state index is 12.8. The van der Waals surface area contributed by atoms with Crippen molar-refractivity contribution in [1.29, 1.82) is 0 Å². The zero-order valence-corrected chi connectivity index (χ0v) is 20.5. The van der Waals surface area contributed by atoms with Crippen molar-refractivity contribution < 1.29 is 19.1 Å². The Morgan fingerprint density at radius 1 is 0.909 bits per heavy atom. The fourth-order valence-corrected chi connectivity index (χ4v) is 4.29. The first-order chi connectivity index (χ1) is 15.8. The maximum absolute atomic E-state index is 12.8. The fraction of sp³-hybridized carbons (Fsp3) is 0.167. The lowest BCUT2D eigenvalue weighted by Gasteiger charge is -2.14. The number of hydrogen-bond donors (Lipinski definition) is 2. The van der Waals surface area contributed by atoms with Crippen LogP contribution in [0.15, 0.2) is 65.6 Å². The van der Waals surface area contributed by atoms with Gasteiger partial charge in [0.05, 0.1) is 30.2 Å². The summed E-state index contributed by atoms with van der Waals surface area (Å²) in [6.45, 7) is 1.80. The summed E-state index contributed by atoms with van der Waals surface area (Å²) in [5.74, 6) is 0.293. The van der Waals surface area contributed by atoms with Gasteiger partial charge in [0, 0.05) is 15.6 Å². The van der Waals surface area contributed by atoms with Crippen LogP contribution in [-0.4, -0.2) is 31.3 Å². The number of hydrogen-bond acceptors (Lipinski definition) is 5. The Bertz CT molecular complexity index is 1130. The molecule has 0 fully saturated rings. The maximum Gasteiger partial charge on any atom is 0.263 e. The minimum Gasteiger partial charge on any atom is -0.496 e. The molecule has 0 aliphatic heterocycles. The first kappa shape index (κ1) is 24.8. The molecule has 0 heterocycles. The number of carbonyl (C=O) groups excluding carboxylic acids is 2. The minimum atomic E-state index is -0.380. The summed E-state index contributed by atoms with van der Waals surface area (Å²) in [4.78, 5) is 26.2. The number of rotatable bonds is 8. The second kappa shape index (κ2) is 11.3. The van der Waals surface area contributed by atoms with E-state index < -0.39 is 0 Å². The van der Waals surface area contributed by atoms with Crippen LogP contribution >= 0.6 is 35.0 Å². The molecule has 0 saturated heterocycles. The van der Waals surface area contributed by atoms with Gasteiger partial charge in [0.25, 0.3) is 5.91 Å². The third-order valence-corrected chi connectivity index (χ3v) is 6.30. The van der Waals surface area contributed by atoms with Gasteiger partial charge < -0.3 is 20.1 Å². The number of anilines is 2. The van der Waals surface area contributed by atoms with E-state index in [0.29, 0.717) is 38.5 Å². The molecule has 0 spiro atoms. The zero-order chi connectivity index (χ0) is 24.0. The monoisotopic (exact) mass is 504 g/mol. The van der Waals surface area contributed by atoms with Crippen molar-refractivity contribution in [3.8, 4) is 11.5 Å². The molecule has 0 saturated carbocycles. The number of ether oxygens (including phenoxy) is 2. The second-order valence-corrected chi connectivity index (χ2v) is 9.15. The predicted molar refractivity (Wildman–Crippen MR) is 134 cm³/mol. The molecule has 0 aliphatic rings. The van der Waals surface area contributed by atoms with Gasteiger partial charge in [-0.3, -0.25) is 9.59 Å². The van der Waals surface area contributed by atoms with Crippen molar-refractivity contribution in [2.45, 2.75) is 17.1 Å². The standard InChI is InChI=1S/C24H22Cl2N2O4S/c1-14(23(29)28-19-12-7-15(25)13-18(19)26)33-17-10-8-16(9-11-17)27-24(30)22-20(31-2)5-4-6-21(22)32-3/h4-14H,1-3H3,(H,27,30)(H,28,29). The highest BCUT2D eigenvalue weighted by Crippen LogP contribution is 2.31. The lowest BCUT2D eigenvalue weighted by molar-refractivity contribution is -0.115. The van der Waals surface area contributed by atoms with Gasteiger partial charge in [0.1, 0.15) is 17.1 Å². The summed E-state index contributed by atoms with van der Waals surface area (Å²) in [6.07, 6.45) is 0. The molecule has 3 aromatic carbocycles. The SMILES string of the molecule is COc1cccc(OC)c1C(=O)Nc1ccc(SC(C)C(=O)Nc2ccc(Cl)cc2Cl)cc1. The molecule has 0 aliphatic carbocycles. The van der Waals surface area contributed by atoms with Gasteiger partial charge in [-0.2, -0.15) is 0 Å². The molecular formula is C24H22Cl2N2O4S. The molecule has 33 heavy (non-hydrogen) atoms. The van der Waals surface area contributed by atoms with Gasteiger partial charge in [-0.1, -0.05) is 29.3 Å². The van der Waals surface area contributed by atoms with Crippen LogP contribution in [0, 0.1) is 0 Å². The summed E-state index contributed by atoms with van der Waals surface area (Å²) in [5.41, 5.74) is 1.41. The van der Waals surface area contributed by atoms with Gasteiger partial charge in [-0.25, -0.2) is 0 Å². The Hall–Kier alpha value is -2.87. The highest BCUT2D eigenvalue weighted by Gasteiger charge is 2.19. The topological polar surface area (TPSA) is 76.7 Å². The number of methoxy groups -OCH3 is 2. The Morgan fingerprint density at radius 2 is 1.55 bits per heavy atom. The van der Waals surface area contributed by atoms with E-state index in [1.807, 2.05) is 12.1 Å². The molecule has 0 radical (unpaired) electrons. The van der Waals surface area contributed by atoms with Crippen molar-refractivity contribution in [2.24, 2.45) is 0 Å². The molecule has 3 aromatic rings. The zero-order valence-electron chi connectivity index (χ0n) is 18.1. The Morgan fingerprint density at radius 3 is 2.12 bits per heavy atom. The van der Waals surface area contributed by atoms with Crippen molar-refractivity contribution >= 4 is 58.2 Å². The van der Waals surface area contributed by atoms with Crippen molar-refractivity contribution in [2.75, 3.05) is 24.9 Å². The lowest BCUT2D eigenvalue weighted by Crippen LogP contribution is -2.22. The number of amides is 2. The Labute approximate surface area is 206 Å². The van der Waals surface area contributed by atoms with E-state index in [1.54, 1.807) is 55.5 Å². The summed E-state index contributed by atoms with van der Waals surface area (Å²) in [5, 5.41) is 6.14. The van der Waals surface area contributed by atoms with Gasteiger partial charge in [-0.15, -0.1) is 11.8 Å². The third-order valence-electron chi connectivity index (χ3n) is 4.64. The quantitative estimate of drug-likeness (QED) is 0.348. The second-order valence-electron chi connectivity index (χ2n) is 6.89. The van der Waals surface area contributed by atoms with Crippen molar-refractivity contribution in [3.05, 3.63) is 76.3 Å². The van der Waals surface area contributed by atoms with Crippen LogP contribution in [0.3, 0.4) is 0 Å². The fourth-order valence-electron chi connectivity index (χ4n) is 2.97. The lowest BCUT2D eigenvalue weighted by atomic mass is 10.1. The average Bonchev–Trinajstić information content (AvgIpc) is 2.81. The van der Waals surface area contributed by atoms with Crippen LogP contribution in [0.2, 0.25) is 10.0 Å². The number of thioether (sulfide) groups is 1. The molecular weight excluding hydrogens is 483 g/mol. The highest BCUT2D eigenvalue weighted by molar-refractivity contribution is 8.00. The van der Waals surface area contributed by atoms with E-state index in [9.17, 15) is 9.59 Å².